The molecule has 0 fully saturated rings. The van der Waals surface area contributed by atoms with Gasteiger partial charge >= 0.3 is 0 Å². The Morgan fingerprint density at radius 3 is 2.73 bits per heavy atom. The first kappa shape index (κ1) is 12.1. The van der Waals surface area contributed by atoms with E-state index in [2.05, 4.69) is 29.1 Å². The highest BCUT2D eigenvalue weighted by atomic mass is 32.1. The lowest BCUT2D eigenvalue weighted by Gasteiger charge is -2.24. The molecular weight excluding hydrogens is 210 g/mol. The number of aryl methyl sites for hydroxylation is 1. The maximum Gasteiger partial charge on any atom is 0.0967 e. The first-order valence-corrected chi connectivity index (χ1v) is 5.27. The molecule has 2 N–H and O–H groups in total. The lowest BCUT2D eigenvalue weighted by Crippen LogP contribution is -2.37. The Morgan fingerprint density at radius 1 is 1.67 bits per heavy atom. The van der Waals surface area contributed by atoms with Crippen molar-refractivity contribution in [2.75, 3.05) is 6.54 Å². The summed E-state index contributed by atoms with van der Waals surface area (Å²) in [6.07, 6.45) is 1.90. The number of aromatic nitrogens is 3. The first-order valence-electron chi connectivity index (χ1n) is 4.86. The number of hydrogen-bond acceptors (Lipinski definition) is 4. The van der Waals surface area contributed by atoms with Crippen LogP contribution in [0.25, 0.3) is 0 Å². The standard InChI is InChI=1S/C9H17N5S/c1-7(2)14(6-9(10)15)5-8-4-13(3)12-11-8/h4,7H,5-6H2,1-3H3,(H2,10,15). The van der Waals surface area contributed by atoms with Crippen LogP contribution in [0.5, 0.6) is 0 Å². The van der Waals surface area contributed by atoms with Gasteiger partial charge in [0.25, 0.3) is 0 Å². The van der Waals surface area contributed by atoms with E-state index in [-0.39, 0.29) is 0 Å². The molecule has 15 heavy (non-hydrogen) atoms. The lowest BCUT2D eigenvalue weighted by atomic mass is 10.3. The summed E-state index contributed by atoms with van der Waals surface area (Å²) in [5.41, 5.74) is 6.47. The zero-order valence-electron chi connectivity index (χ0n) is 9.34. The van der Waals surface area contributed by atoms with Gasteiger partial charge in [-0.1, -0.05) is 17.4 Å². The average molecular weight is 227 g/mol. The molecule has 1 aromatic heterocycles. The van der Waals surface area contributed by atoms with E-state index in [0.29, 0.717) is 17.6 Å². The molecule has 0 spiro atoms. The Bertz CT molecular complexity index is 333. The van der Waals surface area contributed by atoms with Crippen molar-refractivity contribution in [1.82, 2.24) is 19.9 Å². The van der Waals surface area contributed by atoms with Crippen LogP contribution in [0.2, 0.25) is 0 Å². The highest BCUT2D eigenvalue weighted by Crippen LogP contribution is 2.04. The van der Waals surface area contributed by atoms with Gasteiger partial charge in [-0.3, -0.25) is 9.58 Å². The number of thiocarbonyl (C=S) groups is 1. The molecule has 0 aliphatic heterocycles. The van der Waals surface area contributed by atoms with Crippen molar-refractivity contribution < 1.29 is 0 Å². The molecule has 0 saturated carbocycles. The minimum Gasteiger partial charge on any atom is -0.392 e. The number of nitrogens with two attached hydrogens (primary N) is 1. The molecule has 0 bridgehead atoms. The van der Waals surface area contributed by atoms with Gasteiger partial charge in [-0.25, -0.2) is 0 Å². The molecular formula is C9H17N5S. The Morgan fingerprint density at radius 2 is 2.33 bits per heavy atom. The second-order valence-electron chi connectivity index (χ2n) is 3.85. The molecule has 0 unspecified atom stereocenters. The minimum absolute atomic E-state index is 0.383. The minimum atomic E-state index is 0.383. The van der Waals surface area contributed by atoms with Crippen LogP contribution in [0.3, 0.4) is 0 Å². The molecule has 6 heteroatoms. The van der Waals surface area contributed by atoms with Crippen LogP contribution < -0.4 is 5.73 Å². The third kappa shape index (κ3) is 3.93. The summed E-state index contributed by atoms with van der Waals surface area (Å²) in [4.78, 5) is 2.67. The van der Waals surface area contributed by atoms with E-state index in [1.54, 1.807) is 4.68 Å². The Hall–Kier alpha value is -1.01. The highest BCUT2D eigenvalue weighted by Gasteiger charge is 2.12. The molecule has 0 aromatic carbocycles. The van der Waals surface area contributed by atoms with Crippen molar-refractivity contribution in [3.8, 4) is 0 Å². The van der Waals surface area contributed by atoms with Crippen LogP contribution in [0, 0.1) is 0 Å². The molecule has 1 rings (SSSR count). The van der Waals surface area contributed by atoms with Crippen molar-refractivity contribution in [2.24, 2.45) is 12.8 Å². The van der Waals surface area contributed by atoms with E-state index in [1.165, 1.54) is 0 Å². The molecule has 0 amide bonds. The average Bonchev–Trinajstić information content (AvgIpc) is 2.49. The van der Waals surface area contributed by atoms with E-state index in [4.69, 9.17) is 18.0 Å². The third-order valence-corrected chi connectivity index (χ3v) is 2.23. The Kier molecular flexibility index (Phi) is 4.16. The van der Waals surface area contributed by atoms with Gasteiger partial charge in [-0.05, 0) is 13.8 Å². The van der Waals surface area contributed by atoms with Crippen LogP contribution in [-0.4, -0.2) is 37.5 Å². The van der Waals surface area contributed by atoms with Gasteiger partial charge in [0.05, 0.1) is 10.7 Å². The molecule has 0 aliphatic carbocycles. The SMILES string of the molecule is CC(C)N(CC(N)=S)Cc1cn(C)nn1. The molecule has 1 heterocycles. The second-order valence-corrected chi connectivity index (χ2v) is 4.37. The fourth-order valence-electron chi connectivity index (χ4n) is 1.30. The van der Waals surface area contributed by atoms with E-state index >= 15 is 0 Å². The van der Waals surface area contributed by atoms with E-state index in [1.807, 2.05) is 13.2 Å². The largest absolute Gasteiger partial charge is 0.392 e. The van der Waals surface area contributed by atoms with E-state index in [9.17, 15) is 0 Å². The van der Waals surface area contributed by atoms with Gasteiger partial charge in [-0.2, -0.15) is 0 Å². The van der Waals surface area contributed by atoms with Crippen LogP contribution in [0.1, 0.15) is 19.5 Å². The van der Waals surface area contributed by atoms with Crippen molar-refractivity contribution >= 4 is 17.2 Å². The summed E-state index contributed by atoms with van der Waals surface area (Å²) < 4.78 is 1.69. The van der Waals surface area contributed by atoms with Gasteiger partial charge < -0.3 is 5.73 Å². The molecule has 0 atom stereocenters. The van der Waals surface area contributed by atoms with Gasteiger partial charge in [0.1, 0.15) is 0 Å². The number of rotatable bonds is 5. The Balaban J connectivity index is 2.62. The first-order chi connectivity index (χ1) is 6.99. The lowest BCUT2D eigenvalue weighted by molar-refractivity contribution is 0.242. The number of nitrogens with zero attached hydrogens (tertiary/aromatic N) is 4. The fraction of sp³-hybridized carbons (Fsp3) is 0.667. The fourth-order valence-corrected chi connectivity index (χ4v) is 1.46. The third-order valence-electron chi connectivity index (χ3n) is 2.10. The smallest absolute Gasteiger partial charge is 0.0967 e. The maximum absolute atomic E-state index is 5.54. The van der Waals surface area contributed by atoms with E-state index in [0.717, 1.165) is 12.2 Å². The summed E-state index contributed by atoms with van der Waals surface area (Å²) in [7, 11) is 1.85. The maximum atomic E-state index is 5.54. The van der Waals surface area contributed by atoms with Crippen molar-refractivity contribution in [3.63, 3.8) is 0 Å². The molecule has 0 radical (unpaired) electrons. The van der Waals surface area contributed by atoms with Gasteiger partial charge in [0.15, 0.2) is 0 Å². The summed E-state index contributed by atoms with van der Waals surface area (Å²) in [5.74, 6) is 0. The van der Waals surface area contributed by atoms with Crippen LogP contribution in [0.15, 0.2) is 6.20 Å². The molecule has 84 valence electrons. The van der Waals surface area contributed by atoms with Crippen molar-refractivity contribution in [3.05, 3.63) is 11.9 Å². The van der Waals surface area contributed by atoms with Gasteiger partial charge in [0, 0.05) is 32.4 Å². The van der Waals surface area contributed by atoms with Gasteiger partial charge in [0.2, 0.25) is 0 Å². The highest BCUT2D eigenvalue weighted by molar-refractivity contribution is 7.80. The normalized spacial score (nSPS) is 11.3. The van der Waals surface area contributed by atoms with E-state index < -0.39 is 0 Å². The molecule has 0 aliphatic rings. The topological polar surface area (TPSA) is 60.0 Å². The van der Waals surface area contributed by atoms with Crippen LogP contribution in [-0.2, 0) is 13.6 Å². The predicted molar refractivity (Wildman–Crippen MR) is 63.3 cm³/mol. The quantitative estimate of drug-likeness (QED) is 0.734. The monoisotopic (exact) mass is 227 g/mol. The predicted octanol–water partition coefficient (Wildman–Crippen LogP) is 0.312. The van der Waals surface area contributed by atoms with Crippen molar-refractivity contribution in [1.29, 1.82) is 0 Å². The second kappa shape index (κ2) is 5.18. The molecule has 0 saturated heterocycles. The number of hydrogen-bond donors (Lipinski definition) is 1. The van der Waals surface area contributed by atoms with Gasteiger partial charge in [-0.15, -0.1) is 5.10 Å². The zero-order chi connectivity index (χ0) is 11.4. The summed E-state index contributed by atoms with van der Waals surface area (Å²) in [6.45, 7) is 5.55. The summed E-state index contributed by atoms with van der Waals surface area (Å²) in [6, 6.07) is 0.383. The molecule has 5 nitrogen and oxygen atoms in total. The zero-order valence-corrected chi connectivity index (χ0v) is 10.2. The van der Waals surface area contributed by atoms with Crippen LogP contribution >= 0.6 is 12.2 Å². The summed E-state index contributed by atoms with van der Waals surface area (Å²) in [5, 5.41) is 7.92. The summed E-state index contributed by atoms with van der Waals surface area (Å²) >= 11 is 4.91. The van der Waals surface area contributed by atoms with Crippen molar-refractivity contribution in [2.45, 2.75) is 26.4 Å². The van der Waals surface area contributed by atoms with Crippen LogP contribution in [0.4, 0.5) is 0 Å². The Labute approximate surface area is 95.2 Å². The molecule has 1 aromatic rings.